The molecule has 4 N–H and O–H groups in total. The number of carboxylic acids is 1. The van der Waals surface area contributed by atoms with Crippen molar-refractivity contribution in [3.8, 4) is 0 Å². The molecule has 0 spiro atoms. The first-order chi connectivity index (χ1) is 1.73. The summed E-state index contributed by atoms with van der Waals surface area (Å²) in [5.41, 5.74) is 0. The summed E-state index contributed by atoms with van der Waals surface area (Å²) < 4.78 is 0. The fourth-order valence-corrected chi connectivity index (χ4v) is 0. The molecule has 0 fully saturated rings. The first-order valence-corrected chi connectivity index (χ1v) is 0.908. The van der Waals surface area contributed by atoms with E-state index in [-0.39, 0.29) is 26.6 Å². The van der Waals surface area contributed by atoms with Gasteiger partial charge in [0.05, 0.1) is 0 Å². The number of carbonyl (C=O) groups excluding carboxylic acids is 1. The van der Waals surface area contributed by atoms with Gasteiger partial charge in [0.15, 0.2) is 0 Å². The van der Waals surface area contributed by atoms with Crippen LogP contribution in [0.4, 0.5) is 0 Å². The van der Waals surface area contributed by atoms with Gasteiger partial charge >= 0.3 is 0 Å². The standard InChI is InChI=1S/C2H4O2.H3N.Pd/c1-2(3)4;;/h1H3,(H,3,4);1H3;. The first-order valence-electron chi connectivity index (χ1n) is 0.908. The minimum absolute atomic E-state index is 0. The van der Waals surface area contributed by atoms with Gasteiger partial charge in [-0.25, -0.2) is 0 Å². The molecule has 3 nitrogen and oxygen atoms in total. The molecule has 0 heterocycles. The van der Waals surface area contributed by atoms with E-state index in [9.17, 15) is 0 Å². The van der Waals surface area contributed by atoms with Gasteiger partial charge in [-0.1, -0.05) is 0 Å². The Morgan fingerprint density at radius 1 is 1.67 bits per heavy atom. The normalized spacial score (nSPS) is 4.17. The van der Waals surface area contributed by atoms with E-state index >= 15 is 0 Å². The van der Waals surface area contributed by atoms with Crippen molar-refractivity contribution < 1.29 is 30.3 Å². The van der Waals surface area contributed by atoms with Crippen molar-refractivity contribution in [3.63, 3.8) is 0 Å². The Morgan fingerprint density at radius 3 is 1.67 bits per heavy atom. The van der Waals surface area contributed by atoms with Crippen molar-refractivity contribution in [2.45, 2.75) is 6.92 Å². The van der Waals surface area contributed by atoms with Crippen LogP contribution in [0.1, 0.15) is 6.92 Å². The molecule has 0 amide bonds. The van der Waals surface area contributed by atoms with Crippen molar-refractivity contribution in [1.29, 1.82) is 0 Å². The van der Waals surface area contributed by atoms with Crippen molar-refractivity contribution >= 4 is 5.97 Å². The Kier molecular flexibility index (Phi) is 24.6. The van der Waals surface area contributed by atoms with Gasteiger partial charge in [-0.05, 0) is 6.92 Å². The average molecular weight is 184 g/mol. The second-order valence-electron chi connectivity index (χ2n) is 0.492. The van der Waals surface area contributed by atoms with Gasteiger partial charge in [-0.3, -0.25) is 0 Å². The second kappa shape index (κ2) is 8.92. The van der Waals surface area contributed by atoms with Crippen LogP contribution in [0.2, 0.25) is 0 Å². The van der Waals surface area contributed by atoms with Gasteiger partial charge in [-0.2, -0.15) is 0 Å². The first kappa shape index (κ1) is 16.5. The van der Waals surface area contributed by atoms with Crippen LogP contribution < -0.4 is 11.3 Å². The molecular weight excluding hydrogens is 176 g/mol. The number of carboxylic acid groups (broad SMARTS) is 1. The number of carbonyl (C=O) groups is 1. The summed E-state index contributed by atoms with van der Waals surface area (Å²) in [5, 5.41) is 8.89. The molecule has 0 aliphatic rings. The summed E-state index contributed by atoms with van der Waals surface area (Å²) in [6, 6.07) is 0. The van der Waals surface area contributed by atoms with Crippen LogP contribution in [0, 0.1) is 0 Å². The van der Waals surface area contributed by atoms with E-state index in [1.807, 2.05) is 0 Å². The van der Waals surface area contributed by atoms with E-state index in [0.29, 0.717) is 0 Å². The molecule has 0 unspecified atom stereocenters. The third kappa shape index (κ3) is 4590. The maximum atomic E-state index is 8.89. The smallest absolute Gasteiger partial charge is 0.0383 e. The van der Waals surface area contributed by atoms with Gasteiger partial charge in [-0.15, -0.1) is 0 Å². The minimum Gasteiger partial charge on any atom is -0.550 e. The molecule has 0 aromatic heterocycles. The minimum atomic E-state index is -1.08. The number of quaternary nitrogens is 1. The summed E-state index contributed by atoms with van der Waals surface area (Å²) in [7, 11) is 0. The van der Waals surface area contributed by atoms with Crippen molar-refractivity contribution in [1.82, 2.24) is 6.15 Å². The molecule has 0 atom stereocenters. The summed E-state index contributed by atoms with van der Waals surface area (Å²) in [6.07, 6.45) is 0. The van der Waals surface area contributed by atoms with Crippen LogP contribution >= 0.6 is 0 Å². The Balaban J connectivity index is -0.0000000450. The topological polar surface area (TPSA) is 76.6 Å². The molecule has 6 heavy (non-hydrogen) atoms. The van der Waals surface area contributed by atoms with Crippen LogP contribution in [0.5, 0.6) is 0 Å². The monoisotopic (exact) mass is 183 g/mol. The number of hydrogen-bond donors (Lipinski definition) is 1. The molecule has 0 bridgehead atoms. The van der Waals surface area contributed by atoms with Crippen LogP contribution in [0.3, 0.4) is 0 Å². The fourth-order valence-electron chi connectivity index (χ4n) is 0. The van der Waals surface area contributed by atoms with E-state index < -0.39 is 5.97 Å². The number of rotatable bonds is 0. The average Bonchev–Trinajstić information content (AvgIpc) is 0.811. The molecule has 0 saturated heterocycles. The van der Waals surface area contributed by atoms with Crippen LogP contribution in [0.15, 0.2) is 0 Å². The predicted molar refractivity (Wildman–Crippen MR) is 16.7 cm³/mol. The zero-order valence-corrected chi connectivity index (χ0v) is 5.19. The molecule has 0 rings (SSSR count). The van der Waals surface area contributed by atoms with E-state index in [4.69, 9.17) is 9.90 Å². The van der Waals surface area contributed by atoms with Crippen LogP contribution in [0.25, 0.3) is 0 Å². The quantitative estimate of drug-likeness (QED) is 0.496. The van der Waals surface area contributed by atoms with Crippen molar-refractivity contribution in [3.05, 3.63) is 0 Å². The maximum absolute atomic E-state index is 8.89. The summed E-state index contributed by atoms with van der Waals surface area (Å²) in [6.45, 7) is 0.972. The van der Waals surface area contributed by atoms with Crippen molar-refractivity contribution in [2.75, 3.05) is 0 Å². The van der Waals surface area contributed by atoms with Crippen LogP contribution in [-0.4, -0.2) is 5.97 Å². The maximum Gasteiger partial charge on any atom is 0.0383 e. The summed E-state index contributed by atoms with van der Waals surface area (Å²) in [5.74, 6) is -1.08. The zero-order valence-electron chi connectivity index (χ0n) is 3.63. The zero-order chi connectivity index (χ0) is 3.58. The van der Waals surface area contributed by atoms with E-state index in [0.717, 1.165) is 6.92 Å². The molecule has 0 aromatic rings. The van der Waals surface area contributed by atoms with Gasteiger partial charge in [0.2, 0.25) is 0 Å². The Bertz CT molecular complexity index is 34.5. The van der Waals surface area contributed by atoms with Gasteiger partial charge in [0, 0.05) is 26.4 Å². The second-order valence-corrected chi connectivity index (χ2v) is 0.492. The molecule has 0 saturated carbocycles. The third-order valence-electron chi connectivity index (χ3n) is 0. The molecule has 0 radical (unpaired) electrons. The molecule has 42 valence electrons. The van der Waals surface area contributed by atoms with Crippen molar-refractivity contribution in [2.24, 2.45) is 0 Å². The molecule has 0 aromatic carbocycles. The predicted octanol–water partition coefficient (Wildman–Crippen LogP) is -0.870. The van der Waals surface area contributed by atoms with E-state index in [1.165, 1.54) is 0 Å². The molecule has 4 heteroatoms. The Hall–Kier alpha value is 0.0923. The number of aliphatic carboxylic acids is 1. The third-order valence-corrected chi connectivity index (χ3v) is 0. The van der Waals surface area contributed by atoms with E-state index in [2.05, 4.69) is 0 Å². The van der Waals surface area contributed by atoms with Gasteiger partial charge < -0.3 is 16.1 Å². The van der Waals surface area contributed by atoms with Gasteiger partial charge in [0.25, 0.3) is 0 Å². The Morgan fingerprint density at radius 2 is 1.67 bits per heavy atom. The molecular formula is C2H7NO2Pd. The summed E-state index contributed by atoms with van der Waals surface area (Å²) in [4.78, 5) is 8.89. The SMILES string of the molecule is CC(=O)[O-].[NH4+].[Pd]. The van der Waals surface area contributed by atoms with Crippen LogP contribution in [-0.2, 0) is 25.2 Å². The Labute approximate surface area is 50.0 Å². The largest absolute Gasteiger partial charge is 0.550 e. The molecule has 0 aliphatic heterocycles. The van der Waals surface area contributed by atoms with Gasteiger partial charge in [0.1, 0.15) is 0 Å². The fraction of sp³-hybridized carbons (Fsp3) is 0.500. The molecule has 0 aliphatic carbocycles. The number of hydrogen-bond acceptors (Lipinski definition) is 2. The summed E-state index contributed by atoms with van der Waals surface area (Å²) >= 11 is 0. The van der Waals surface area contributed by atoms with E-state index in [1.54, 1.807) is 0 Å².